The SMILES string of the molecule is Cc1cc(C)c(SNc2ccc3c(c2)nc(CCCCCCCN)n3Cc2ccccc2)c(C)c1. The molecule has 0 spiro atoms. The zero-order valence-electron chi connectivity index (χ0n) is 21.3. The van der Waals surface area contributed by atoms with Crippen LogP contribution in [0.2, 0.25) is 0 Å². The van der Waals surface area contributed by atoms with Crippen LogP contribution in [0, 0.1) is 20.8 Å². The van der Waals surface area contributed by atoms with Gasteiger partial charge in [0, 0.05) is 23.5 Å². The number of nitrogens with one attached hydrogen (secondary N) is 1. The molecule has 1 heterocycles. The van der Waals surface area contributed by atoms with Crippen LogP contribution >= 0.6 is 11.9 Å². The first-order valence-corrected chi connectivity index (χ1v) is 13.6. The van der Waals surface area contributed by atoms with Gasteiger partial charge >= 0.3 is 0 Å². The molecule has 0 saturated heterocycles. The average molecular weight is 487 g/mol. The zero-order chi connectivity index (χ0) is 24.6. The molecular weight excluding hydrogens is 448 g/mol. The average Bonchev–Trinajstić information content (AvgIpc) is 3.17. The highest BCUT2D eigenvalue weighted by atomic mass is 32.2. The third kappa shape index (κ3) is 6.68. The first-order chi connectivity index (χ1) is 17.0. The Morgan fingerprint density at radius 2 is 1.57 bits per heavy atom. The number of hydrogen-bond acceptors (Lipinski definition) is 4. The van der Waals surface area contributed by atoms with Gasteiger partial charge in [-0.25, -0.2) is 4.98 Å². The van der Waals surface area contributed by atoms with Crippen LogP contribution in [-0.2, 0) is 13.0 Å². The van der Waals surface area contributed by atoms with Gasteiger partial charge in [0.1, 0.15) is 5.82 Å². The molecule has 184 valence electrons. The molecule has 0 aliphatic heterocycles. The van der Waals surface area contributed by atoms with Gasteiger partial charge in [0.25, 0.3) is 0 Å². The van der Waals surface area contributed by atoms with E-state index in [0.29, 0.717) is 0 Å². The molecule has 1 aromatic heterocycles. The maximum atomic E-state index is 5.64. The molecule has 4 aromatic rings. The maximum absolute atomic E-state index is 5.64. The number of aromatic nitrogens is 2. The summed E-state index contributed by atoms with van der Waals surface area (Å²) >= 11 is 1.69. The van der Waals surface area contributed by atoms with Crippen molar-refractivity contribution in [3.05, 3.63) is 88.7 Å². The topological polar surface area (TPSA) is 55.9 Å². The molecule has 35 heavy (non-hydrogen) atoms. The van der Waals surface area contributed by atoms with Crippen LogP contribution in [0.15, 0.2) is 65.6 Å². The number of fused-ring (bicyclic) bond motifs is 1. The van der Waals surface area contributed by atoms with Crippen molar-refractivity contribution in [1.82, 2.24) is 9.55 Å². The Morgan fingerprint density at radius 1 is 0.857 bits per heavy atom. The monoisotopic (exact) mass is 486 g/mol. The van der Waals surface area contributed by atoms with Gasteiger partial charge in [-0.05, 0) is 87.0 Å². The minimum absolute atomic E-state index is 0.796. The third-order valence-corrected chi connectivity index (χ3v) is 7.68. The fourth-order valence-corrected chi connectivity index (χ4v) is 5.56. The van der Waals surface area contributed by atoms with Crippen LogP contribution in [0.3, 0.4) is 0 Å². The number of nitrogens with two attached hydrogens (primary N) is 1. The number of unbranched alkanes of at least 4 members (excludes halogenated alkanes) is 4. The lowest BCUT2D eigenvalue weighted by Crippen LogP contribution is -2.05. The Hall–Kier alpha value is -2.76. The second kappa shape index (κ2) is 12.3. The molecule has 0 atom stereocenters. The summed E-state index contributed by atoms with van der Waals surface area (Å²) in [6.45, 7) is 8.16. The van der Waals surface area contributed by atoms with Crippen LogP contribution in [0.4, 0.5) is 5.69 Å². The van der Waals surface area contributed by atoms with Crippen molar-refractivity contribution in [3.63, 3.8) is 0 Å². The molecule has 0 bridgehead atoms. The molecule has 0 aliphatic carbocycles. The molecule has 0 radical (unpaired) electrons. The number of aryl methyl sites for hydroxylation is 4. The first-order valence-electron chi connectivity index (χ1n) is 12.8. The molecule has 5 heteroatoms. The van der Waals surface area contributed by atoms with Gasteiger partial charge in [-0.15, -0.1) is 0 Å². The molecule has 4 rings (SSSR count). The van der Waals surface area contributed by atoms with Crippen molar-refractivity contribution in [2.24, 2.45) is 5.73 Å². The lowest BCUT2D eigenvalue weighted by Gasteiger charge is -2.12. The van der Waals surface area contributed by atoms with Gasteiger partial charge in [0.15, 0.2) is 0 Å². The van der Waals surface area contributed by atoms with Crippen LogP contribution < -0.4 is 10.5 Å². The van der Waals surface area contributed by atoms with Crippen molar-refractivity contribution in [1.29, 1.82) is 0 Å². The Kier molecular flexibility index (Phi) is 8.89. The van der Waals surface area contributed by atoms with Crippen molar-refractivity contribution < 1.29 is 0 Å². The third-order valence-electron chi connectivity index (χ3n) is 6.49. The van der Waals surface area contributed by atoms with E-state index in [9.17, 15) is 0 Å². The predicted molar refractivity (Wildman–Crippen MR) is 151 cm³/mol. The first kappa shape index (κ1) is 25.3. The van der Waals surface area contributed by atoms with Gasteiger partial charge < -0.3 is 15.0 Å². The smallest absolute Gasteiger partial charge is 0.110 e. The van der Waals surface area contributed by atoms with Gasteiger partial charge in [-0.3, -0.25) is 0 Å². The van der Waals surface area contributed by atoms with Crippen LogP contribution in [0.25, 0.3) is 11.0 Å². The van der Waals surface area contributed by atoms with E-state index >= 15 is 0 Å². The van der Waals surface area contributed by atoms with E-state index in [1.54, 1.807) is 11.9 Å². The number of nitrogens with zero attached hydrogens (tertiary/aromatic N) is 2. The quantitative estimate of drug-likeness (QED) is 0.160. The summed E-state index contributed by atoms with van der Waals surface area (Å²) in [6, 6.07) is 21.8. The number of anilines is 1. The molecular formula is C30H38N4S. The fourth-order valence-electron chi connectivity index (χ4n) is 4.77. The lowest BCUT2D eigenvalue weighted by atomic mass is 10.1. The number of benzene rings is 3. The molecule has 0 saturated carbocycles. The second-order valence-electron chi connectivity index (χ2n) is 9.54. The number of imidazole rings is 1. The summed E-state index contributed by atoms with van der Waals surface area (Å²) in [5.74, 6) is 1.18. The molecule has 0 amide bonds. The van der Waals surface area contributed by atoms with Crippen molar-refractivity contribution >= 4 is 28.7 Å². The molecule has 3 N–H and O–H groups in total. The minimum Gasteiger partial charge on any atom is -0.330 e. The minimum atomic E-state index is 0.796. The summed E-state index contributed by atoms with van der Waals surface area (Å²) in [7, 11) is 0. The summed E-state index contributed by atoms with van der Waals surface area (Å²) < 4.78 is 5.96. The van der Waals surface area contributed by atoms with Crippen LogP contribution in [0.1, 0.15) is 60.2 Å². The lowest BCUT2D eigenvalue weighted by molar-refractivity contribution is 0.600. The Morgan fingerprint density at radius 3 is 2.31 bits per heavy atom. The van der Waals surface area contributed by atoms with E-state index < -0.39 is 0 Å². The van der Waals surface area contributed by atoms with Crippen LogP contribution in [-0.4, -0.2) is 16.1 Å². The van der Waals surface area contributed by atoms with Crippen LogP contribution in [0.5, 0.6) is 0 Å². The van der Waals surface area contributed by atoms with Gasteiger partial charge in [-0.1, -0.05) is 67.3 Å². The van der Waals surface area contributed by atoms with E-state index in [1.807, 2.05) is 0 Å². The predicted octanol–water partition coefficient (Wildman–Crippen LogP) is 7.58. The van der Waals surface area contributed by atoms with E-state index in [1.165, 1.54) is 57.8 Å². The standard InChI is InChI=1S/C30H38N4S/c1-22-18-23(2)30(24(3)19-22)35-33-26-15-16-28-27(20-26)32-29(14-10-5-4-6-11-17-31)34(28)21-25-12-8-7-9-13-25/h7-9,12-13,15-16,18-20,33H,4-6,10-11,14,17,21,31H2,1-3H3. The van der Waals surface area contributed by atoms with Gasteiger partial charge in [0.2, 0.25) is 0 Å². The van der Waals surface area contributed by atoms with Gasteiger partial charge in [-0.2, -0.15) is 0 Å². The largest absolute Gasteiger partial charge is 0.330 e. The Labute approximate surface area is 214 Å². The molecule has 4 nitrogen and oxygen atoms in total. The summed E-state index contributed by atoms with van der Waals surface area (Å²) in [4.78, 5) is 6.39. The Balaban J connectivity index is 1.53. The van der Waals surface area contributed by atoms with Crippen molar-refractivity contribution in [2.75, 3.05) is 11.3 Å². The van der Waals surface area contributed by atoms with Crippen molar-refractivity contribution in [3.8, 4) is 0 Å². The Bertz CT molecular complexity index is 1220. The van der Waals surface area contributed by atoms with Crippen molar-refractivity contribution in [2.45, 2.75) is 70.7 Å². The highest BCUT2D eigenvalue weighted by molar-refractivity contribution is 8.00. The number of hydrogen-bond donors (Lipinski definition) is 2. The van der Waals surface area contributed by atoms with E-state index in [4.69, 9.17) is 10.7 Å². The second-order valence-corrected chi connectivity index (χ2v) is 10.4. The fraction of sp³-hybridized carbons (Fsp3) is 0.367. The molecule has 0 fully saturated rings. The summed E-state index contributed by atoms with van der Waals surface area (Å²) in [5, 5.41) is 0. The summed E-state index contributed by atoms with van der Waals surface area (Å²) in [5.41, 5.74) is 14.2. The highest BCUT2D eigenvalue weighted by Crippen LogP contribution is 2.30. The highest BCUT2D eigenvalue weighted by Gasteiger charge is 2.13. The maximum Gasteiger partial charge on any atom is 0.110 e. The van der Waals surface area contributed by atoms with E-state index in [0.717, 1.165) is 43.6 Å². The molecule has 0 unspecified atom stereocenters. The van der Waals surface area contributed by atoms with Gasteiger partial charge in [0.05, 0.1) is 11.0 Å². The van der Waals surface area contributed by atoms with E-state index in [-0.39, 0.29) is 0 Å². The molecule has 3 aromatic carbocycles. The summed E-state index contributed by atoms with van der Waals surface area (Å²) in [6.07, 6.45) is 7.00. The normalized spacial score (nSPS) is 11.3. The zero-order valence-corrected chi connectivity index (χ0v) is 22.1. The molecule has 0 aliphatic rings. The van der Waals surface area contributed by atoms with E-state index in [2.05, 4.69) is 90.7 Å². The number of rotatable bonds is 12.